The van der Waals surface area contributed by atoms with Crippen molar-refractivity contribution >= 4 is 37.5 Å². The zero-order valence-electron chi connectivity index (χ0n) is 14.2. The van der Waals surface area contributed by atoms with Gasteiger partial charge in [0.25, 0.3) is 0 Å². The van der Waals surface area contributed by atoms with Crippen LogP contribution in [0.5, 0.6) is 0 Å². The molecular formula is C20H16N2O4S. The summed E-state index contributed by atoms with van der Waals surface area (Å²) in [7, 11) is -3.74. The molecule has 0 saturated heterocycles. The van der Waals surface area contributed by atoms with Crippen molar-refractivity contribution in [1.29, 1.82) is 0 Å². The van der Waals surface area contributed by atoms with Crippen LogP contribution >= 0.6 is 0 Å². The molecule has 0 atom stereocenters. The number of nitrogen functional groups attached to an aromatic ring is 1. The maximum Gasteiger partial charge on any atom is 0.336 e. The number of nitrogens with two attached hydrogens (primary N) is 1. The fraction of sp³-hybridized carbons (Fsp3) is 0.0500. The molecule has 4 aromatic rings. The highest BCUT2D eigenvalue weighted by Gasteiger charge is 2.15. The van der Waals surface area contributed by atoms with Crippen LogP contribution in [0.15, 0.2) is 80.8 Å². The smallest absolute Gasteiger partial charge is 0.336 e. The molecule has 1 heterocycles. The Morgan fingerprint density at radius 3 is 2.44 bits per heavy atom. The molecule has 0 fully saturated rings. The third-order valence-corrected chi connectivity index (χ3v) is 5.78. The lowest BCUT2D eigenvalue weighted by molar-refractivity contribution is 0.559. The predicted octanol–water partition coefficient (Wildman–Crippen LogP) is 3.01. The Hall–Kier alpha value is -3.16. The summed E-state index contributed by atoms with van der Waals surface area (Å²) in [4.78, 5) is 12.1. The first kappa shape index (κ1) is 17.3. The number of sulfonamides is 1. The van der Waals surface area contributed by atoms with Crippen molar-refractivity contribution in [1.82, 2.24) is 4.72 Å². The zero-order valence-corrected chi connectivity index (χ0v) is 15.0. The highest BCUT2D eigenvalue weighted by molar-refractivity contribution is 7.89. The van der Waals surface area contributed by atoms with Crippen LogP contribution < -0.4 is 16.1 Å². The summed E-state index contributed by atoms with van der Waals surface area (Å²) in [5.41, 5.74) is 6.54. The van der Waals surface area contributed by atoms with Crippen molar-refractivity contribution < 1.29 is 12.8 Å². The SMILES string of the molecule is Nc1ccc(S(=O)(=O)NCc2cc(=O)oc3c2ccc2ccccc23)cc1. The molecule has 7 heteroatoms. The molecule has 0 spiro atoms. The minimum Gasteiger partial charge on any atom is -0.422 e. The highest BCUT2D eigenvalue weighted by Crippen LogP contribution is 2.26. The average molecular weight is 380 g/mol. The van der Waals surface area contributed by atoms with Gasteiger partial charge in [-0.15, -0.1) is 0 Å². The van der Waals surface area contributed by atoms with E-state index in [1.54, 1.807) is 0 Å². The van der Waals surface area contributed by atoms with Gasteiger partial charge in [0, 0.05) is 29.1 Å². The summed E-state index contributed by atoms with van der Waals surface area (Å²) in [5, 5.41) is 2.43. The standard InChI is InChI=1S/C20H16N2O4S/c21-15-6-8-16(9-7-15)27(24,25)22-12-14-11-19(23)26-20-17-4-2-1-3-13(17)5-10-18(14)20/h1-11,22H,12,21H2. The van der Waals surface area contributed by atoms with E-state index in [0.29, 0.717) is 22.2 Å². The molecule has 136 valence electrons. The van der Waals surface area contributed by atoms with E-state index in [9.17, 15) is 13.2 Å². The van der Waals surface area contributed by atoms with Crippen LogP contribution in [0.25, 0.3) is 21.7 Å². The van der Waals surface area contributed by atoms with Gasteiger partial charge in [0.1, 0.15) is 5.58 Å². The first-order valence-electron chi connectivity index (χ1n) is 8.24. The molecular weight excluding hydrogens is 364 g/mol. The number of hydrogen-bond acceptors (Lipinski definition) is 5. The minimum absolute atomic E-state index is 0.0346. The van der Waals surface area contributed by atoms with E-state index in [1.165, 1.54) is 30.3 Å². The molecule has 0 radical (unpaired) electrons. The summed E-state index contributed by atoms with van der Waals surface area (Å²) in [5.74, 6) is 0. The molecule has 27 heavy (non-hydrogen) atoms. The van der Waals surface area contributed by atoms with E-state index in [0.717, 1.165) is 10.8 Å². The Morgan fingerprint density at radius 2 is 1.67 bits per heavy atom. The molecule has 0 unspecified atom stereocenters. The van der Waals surface area contributed by atoms with Crippen molar-refractivity contribution in [2.75, 3.05) is 5.73 Å². The third kappa shape index (κ3) is 3.30. The normalized spacial score (nSPS) is 11.9. The van der Waals surface area contributed by atoms with Crippen LogP contribution in [0.4, 0.5) is 5.69 Å². The van der Waals surface area contributed by atoms with Crippen molar-refractivity contribution in [3.8, 4) is 0 Å². The second kappa shape index (κ2) is 6.53. The Labute approximate surface area is 155 Å². The van der Waals surface area contributed by atoms with Crippen molar-refractivity contribution in [2.24, 2.45) is 0 Å². The maximum atomic E-state index is 12.5. The van der Waals surface area contributed by atoms with Crippen LogP contribution in [0.3, 0.4) is 0 Å². The molecule has 0 aliphatic rings. The number of fused-ring (bicyclic) bond motifs is 3. The molecule has 0 saturated carbocycles. The summed E-state index contributed by atoms with van der Waals surface area (Å²) >= 11 is 0. The molecule has 0 aliphatic carbocycles. The summed E-state index contributed by atoms with van der Waals surface area (Å²) < 4.78 is 32.9. The van der Waals surface area contributed by atoms with E-state index >= 15 is 0 Å². The Balaban J connectivity index is 1.75. The van der Waals surface area contributed by atoms with Gasteiger partial charge in [-0.2, -0.15) is 0 Å². The number of anilines is 1. The second-order valence-electron chi connectivity index (χ2n) is 6.15. The van der Waals surface area contributed by atoms with Crippen LogP contribution in [-0.2, 0) is 16.6 Å². The van der Waals surface area contributed by atoms with E-state index in [4.69, 9.17) is 10.2 Å². The van der Waals surface area contributed by atoms with Gasteiger partial charge in [0.2, 0.25) is 10.0 Å². The number of rotatable bonds is 4. The van der Waals surface area contributed by atoms with Crippen LogP contribution in [0, 0.1) is 0 Å². The summed E-state index contributed by atoms with van der Waals surface area (Å²) in [6.45, 7) is -0.0346. The predicted molar refractivity (Wildman–Crippen MR) is 105 cm³/mol. The molecule has 4 rings (SSSR count). The molecule has 0 amide bonds. The first-order valence-corrected chi connectivity index (χ1v) is 9.72. The number of benzene rings is 3. The number of hydrogen-bond donors (Lipinski definition) is 2. The lowest BCUT2D eigenvalue weighted by Gasteiger charge is -2.10. The molecule has 0 aliphatic heterocycles. The zero-order chi connectivity index (χ0) is 19.0. The lowest BCUT2D eigenvalue weighted by atomic mass is 10.0. The molecule has 6 nitrogen and oxygen atoms in total. The van der Waals surface area contributed by atoms with Gasteiger partial charge in [-0.05, 0) is 35.2 Å². The van der Waals surface area contributed by atoms with Crippen molar-refractivity contribution in [3.05, 3.63) is 82.7 Å². The monoisotopic (exact) mass is 380 g/mol. The van der Waals surface area contributed by atoms with E-state index < -0.39 is 15.6 Å². The van der Waals surface area contributed by atoms with Gasteiger partial charge >= 0.3 is 5.63 Å². The number of nitrogens with one attached hydrogen (secondary N) is 1. The third-order valence-electron chi connectivity index (χ3n) is 4.36. The van der Waals surface area contributed by atoms with Gasteiger partial charge in [0.05, 0.1) is 4.90 Å². The minimum atomic E-state index is -3.74. The van der Waals surface area contributed by atoms with Gasteiger partial charge < -0.3 is 10.2 Å². The molecule has 0 bridgehead atoms. The Kier molecular flexibility index (Phi) is 4.18. The lowest BCUT2D eigenvalue weighted by Crippen LogP contribution is -2.24. The van der Waals surface area contributed by atoms with Crippen LogP contribution in [0.2, 0.25) is 0 Å². The van der Waals surface area contributed by atoms with E-state index in [1.807, 2.05) is 36.4 Å². The summed E-state index contributed by atoms with van der Waals surface area (Å²) in [6.07, 6.45) is 0. The molecule has 1 aromatic heterocycles. The largest absolute Gasteiger partial charge is 0.422 e. The maximum absolute atomic E-state index is 12.5. The van der Waals surface area contributed by atoms with Gasteiger partial charge in [-0.1, -0.05) is 36.4 Å². The fourth-order valence-corrected chi connectivity index (χ4v) is 4.01. The molecule has 3 N–H and O–H groups in total. The van der Waals surface area contributed by atoms with Gasteiger partial charge in [0.15, 0.2) is 0 Å². The van der Waals surface area contributed by atoms with E-state index in [-0.39, 0.29) is 11.4 Å². The fourth-order valence-electron chi connectivity index (χ4n) is 3.01. The van der Waals surface area contributed by atoms with Gasteiger partial charge in [-0.25, -0.2) is 17.9 Å². The first-order chi connectivity index (χ1) is 12.9. The highest BCUT2D eigenvalue weighted by atomic mass is 32.2. The van der Waals surface area contributed by atoms with Gasteiger partial charge in [-0.3, -0.25) is 0 Å². The van der Waals surface area contributed by atoms with Crippen LogP contribution in [-0.4, -0.2) is 8.42 Å². The Bertz CT molecular complexity index is 1310. The molecule has 3 aromatic carbocycles. The Morgan fingerprint density at radius 1 is 0.926 bits per heavy atom. The quantitative estimate of drug-likeness (QED) is 0.322. The summed E-state index contributed by atoms with van der Waals surface area (Å²) in [6, 6.07) is 18.5. The van der Waals surface area contributed by atoms with E-state index in [2.05, 4.69) is 4.72 Å². The van der Waals surface area contributed by atoms with Crippen molar-refractivity contribution in [3.63, 3.8) is 0 Å². The van der Waals surface area contributed by atoms with Crippen LogP contribution in [0.1, 0.15) is 5.56 Å². The second-order valence-corrected chi connectivity index (χ2v) is 7.91. The average Bonchev–Trinajstić information content (AvgIpc) is 2.66. The van der Waals surface area contributed by atoms with Crippen molar-refractivity contribution in [2.45, 2.75) is 11.4 Å². The topological polar surface area (TPSA) is 102 Å².